The lowest BCUT2D eigenvalue weighted by atomic mass is 9.66. The van der Waals surface area contributed by atoms with E-state index in [0.29, 0.717) is 0 Å². The first-order valence-electron chi connectivity index (χ1n) is 8.12. The molecule has 0 aliphatic heterocycles. The first-order chi connectivity index (χ1) is 11.6. The number of aliphatic hydroxyl groups excluding tert-OH is 1. The van der Waals surface area contributed by atoms with Crippen molar-refractivity contribution in [3.63, 3.8) is 0 Å². The van der Waals surface area contributed by atoms with Crippen LogP contribution in [0.1, 0.15) is 29.5 Å². The molecule has 1 N–H and O–H groups in total. The molecule has 0 aliphatic rings. The van der Waals surface area contributed by atoms with Crippen molar-refractivity contribution in [3.8, 4) is 0 Å². The van der Waals surface area contributed by atoms with E-state index in [1.54, 1.807) is 0 Å². The smallest absolute Gasteiger partial charge is 0.0534 e. The average Bonchev–Trinajstić information content (AvgIpc) is 2.64. The van der Waals surface area contributed by atoms with E-state index in [9.17, 15) is 5.11 Å². The Hall–Kier alpha value is -1.90. The highest BCUT2D eigenvalue weighted by Crippen LogP contribution is 2.43. The second-order valence-electron chi connectivity index (χ2n) is 6.34. The molecule has 0 heterocycles. The van der Waals surface area contributed by atoms with Crippen LogP contribution in [-0.2, 0) is 5.41 Å². The molecular weight excluding hydrogens is 360 g/mol. The molecule has 2 heteroatoms. The second-order valence-corrected chi connectivity index (χ2v) is 7.25. The van der Waals surface area contributed by atoms with Crippen LogP contribution < -0.4 is 0 Å². The summed E-state index contributed by atoms with van der Waals surface area (Å²) in [6.45, 7) is 2.21. The van der Waals surface area contributed by atoms with Gasteiger partial charge in [0.25, 0.3) is 0 Å². The van der Waals surface area contributed by atoms with Crippen LogP contribution in [0.15, 0.2) is 89.4 Å². The topological polar surface area (TPSA) is 20.2 Å². The number of benzene rings is 3. The molecule has 3 aromatic carbocycles. The van der Waals surface area contributed by atoms with Crippen molar-refractivity contribution in [2.75, 3.05) is 6.61 Å². The Morgan fingerprint density at radius 2 is 1.25 bits per heavy atom. The van der Waals surface area contributed by atoms with Crippen LogP contribution in [0, 0.1) is 0 Å². The van der Waals surface area contributed by atoms with E-state index in [1.807, 2.05) is 24.3 Å². The van der Waals surface area contributed by atoms with Gasteiger partial charge in [-0.2, -0.15) is 0 Å². The Balaban J connectivity index is 2.17. The van der Waals surface area contributed by atoms with E-state index in [4.69, 9.17) is 0 Å². The summed E-state index contributed by atoms with van der Waals surface area (Å²) in [5.74, 6) is 0.0751. The molecule has 0 bridgehead atoms. The molecule has 0 amide bonds. The molecule has 3 rings (SSSR count). The van der Waals surface area contributed by atoms with Gasteiger partial charge in [0.1, 0.15) is 0 Å². The van der Waals surface area contributed by atoms with E-state index in [0.717, 1.165) is 10.0 Å². The lowest BCUT2D eigenvalue weighted by Gasteiger charge is -2.38. The highest BCUT2D eigenvalue weighted by Gasteiger charge is 2.37. The van der Waals surface area contributed by atoms with E-state index in [-0.39, 0.29) is 12.5 Å². The minimum Gasteiger partial charge on any atom is -0.395 e. The molecule has 24 heavy (non-hydrogen) atoms. The highest BCUT2D eigenvalue weighted by atomic mass is 79.9. The number of hydrogen-bond donors (Lipinski definition) is 1. The quantitative estimate of drug-likeness (QED) is 0.616. The van der Waals surface area contributed by atoms with Gasteiger partial charge in [-0.1, -0.05) is 95.7 Å². The van der Waals surface area contributed by atoms with Gasteiger partial charge in [-0.25, -0.2) is 0 Å². The SMILES string of the molecule is C[C@@](CO)(c1ccc(Br)cc1)C(c1ccccc1)c1ccccc1. The van der Waals surface area contributed by atoms with Crippen molar-refractivity contribution in [2.45, 2.75) is 18.3 Å². The number of rotatable bonds is 5. The molecule has 0 spiro atoms. The van der Waals surface area contributed by atoms with Gasteiger partial charge in [0.2, 0.25) is 0 Å². The van der Waals surface area contributed by atoms with E-state index >= 15 is 0 Å². The van der Waals surface area contributed by atoms with Crippen LogP contribution in [0.2, 0.25) is 0 Å². The minimum absolute atomic E-state index is 0.0725. The van der Waals surface area contributed by atoms with Crippen LogP contribution in [0.25, 0.3) is 0 Å². The maximum Gasteiger partial charge on any atom is 0.0534 e. The molecule has 1 atom stereocenters. The fraction of sp³-hybridized carbons (Fsp3) is 0.182. The monoisotopic (exact) mass is 380 g/mol. The van der Waals surface area contributed by atoms with Crippen LogP contribution in [0.5, 0.6) is 0 Å². The van der Waals surface area contributed by atoms with Crippen molar-refractivity contribution < 1.29 is 5.11 Å². The molecule has 0 aromatic heterocycles. The van der Waals surface area contributed by atoms with Gasteiger partial charge in [-0.15, -0.1) is 0 Å². The minimum atomic E-state index is -0.413. The normalized spacial score (nSPS) is 13.7. The van der Waals surface area contributed by atoms with Gasteiger partial charge < -0.3 is 5.11 Å². The average molecular weight is 381 g/mol. The molecular formula is C22H21BrO. The van der Waals surface area contributed by atoms with E-state index in [1.165, 1.54) is 11.1 Å². The molecule has 0 saturated heterocycles. The molecule has 0 radical (unpaired) electrons. The van der Waals surface area contributed by atoms with Gasteiger partial charge in [0.05, 0.1) is 6.61 Å². The number of halogens is 1. The van der Waals surface area contributed by atoms with Crippen molar-refractivity contribution in [3.05, 3.63) is 106 Å². The summed E-state index contributed by atoms with van der Waals surface area (Å²) in [7, 11) is 0. The Bertz CT molecular complexity index is 729. The summed E-state index contributed by atoms with van der Waals surface area (Å²) in [4.78, 5) is 0. The van der Waals surface area contributed by atoms with Crippen molar-refractivity contribution >= 4 is 15.9 Å². The molecule has 0 saturated carbocycles. The summed E-state index contributed by atoms with van der Waals surface area (Å²) in [6.07, 6.45) is 0. The van der Waals surface area contributed by atoms with Crippen LogP contribution in [0.4, 0.5) is 0 Å². The molecule has 0 aliphatic carbocycles. The van der Waals surface area contributed by atoms with Gasteiger partial charge in [-0.05, 0) is 28.8 Å². The first-order valence-corrected chi connectivity index (χ1v) is 8.91. The standard InChI is InChI=1S/C22H21BrO/c1-22(16-24,19-12-14-20(23)15-13-19)21(17-8-4-2-5-9-17)18-10-6-3-7-11-18/h2-15,21,24H,16H2,1H3/t22-/m1/s1. The lowest BCUT2D eigenvalue weighted by molar-refractivity contribution is 0.190. The maximum atomic E-state index is 10.4. The van der Waals surface area contributed by atoms with Crippen LogP contribution in [0.3, 0.4) is 0 Å². The number of aliphatic hydroxyl groups is 1. The van der Waals surface area contributed by atoms with Crippen molar-refractivity contribution in [2.24, 2.45) is 0 Å². The lowest BCUT2D eigenvalue weighted by Crippen LogP contribution is -2.35. The van der Waals surface area contributed by atoms with E-state index in [2.05, 4.69) is 83.5 Å². The van der Waals surface area contributed by atoms with Crippen LogP contribution >= 0.6 is 15.9 Å². The largest absolute Gasteiger partial charge is 0.395 e. The summed E-state index contributed by atoms with van der Waals surface area (Å²) in [6, 6.07) is 29.1. The van der Waals surface area contributed by atoms with Gasteiger partial charge in [-0.3, -0.25) is 0 Å². The van der Waals surface area contributed by atoms with E-state index < -0.39 is 5.41 Å². The fourth-order valence-corrected chi connectivity index (χ4v) is 3.66. The molecule has 3 aromatic rings. The molecule has 1 nitrogen and oxygen atoms in total. The Morgan fingerprint density at radius 3 is 1.67 bits per heavy atom. The second kappa shape index (κ2) is 7.33. The summed E-state index contributed by atoms with van der Waals surface area (Å²) >= 11 is 3.50. The summed E-state index contributed by atoms with van der Waals surface area (Å²) < 4.78 is 1.04. The Morgan fingerprint density at radius 1 is 0.792 bits per heavy atom. The number of hydrogen-bond acceptors (Lipinski definition) is 1. The highest BCUT2D eigenvalue weighted by molar-refractivity contribution is 9.10. The summed E-state index contributed by atoms with van der Waals surface area (Å²) in [5, 5.41) is 10.4. The van der Waals surface area contributed by atoms with Gasteiger partial charge in [0.15, 0.2) is 0 Å². The first kappa shape index (κ1) is 16.9. The third kappa shape index (κ3) is 3.31. The molecule has 0 unspecified atom stereocenters. The zero-order valence-electron chi connectivity index (χ0n) is 13.7. The fourth-order valence-electron chi connectivity index (χ4n) is 3.40. The Labute approximate surface area is 152 Å². The predicted octanol–water partition coefficient (Wildman–Crippen LogP) is 5.53. The Kier molecular flexibility index (Phi) is 5.17. The zero-order valence-corrected chi connectivity index (χ0v) is 15.3. The van der Waals surface area contributed by atoms with Gasteiger partial charge >= 0.3 is 0 Å². The maximum absolute atomic E-state index is 10.4. The predicted molar refractivity (Wildman–Crippen MR) is 103 cm³/mol. The molecule has 0 fully saturated rings. The zero-order chi connectivity index (χ0) is 17.0. The molecule has 122 valence electrons. The van der Waals surface area contributed by atoms with Crippen molar-refractivity contribution in [1.82, 2.24) is 0 Å². The van der Waals surface area contributed by atoms with Crippen LogP contribution in [-0.4, -0.2) is 11.7 Å². The third-order valence-electron chi connectivity index (χ3n) is 4.74. The summed E-state index contributed by atoms with van der Waals surface area (Å²) in [5.41, 5.74) is 3.14. The van der Waals surface area contributed by atoms with Gasteiger partial charge in [0, 0.05) is 15.8 Å². The van der Waals surface area contributed by atoms with Crippen molar-refractivity contribution in [1.29, 1.82) is 0 Å². The third-order valence-corrected chi connectivity index (χ3v) is 5.26.